The predicted molar refractivity (Wildman–Crippen MR) is 104 cm³/mol. The molecular weight excluding hydrogens is 340 g/mol. The van der Waals surface area contributed by atoms with Gasteiger partial charge in [-0.1, -0.05) is 48.5 Å². The number of para-hydroxylation sites is 1. The SMILES string of the molecule is COC(=O)[C@H](CCCc1ccccc1)NC(=O)c1cccc2cccnc12. The zero-order chi connectivity index (χ0) is 19.1. The van der Waals surface area contributed by atoms with Gasteiger partial charge in [-0.15, -0.1) is 0 Å². The molecule has 0 unspecified atom stereocenters. The van der Waals surface area contributed by atoms with E-state index in [9.17, 15) is 9.59 Å². The van der Waals surface area contributed by atoms with Gasteiger partial charge >= 0.3 is 5.97 Å². The van der Waals surface area contributed by atoms with Crippen LogP contribution in [0.25, 0.3) is 10.9 Å². The van der Waals surface area contributed by atoms with Crippen LogP contribution in [0.15, 0.2) is 66.9 Å². The Hall–Kier alpha value is -3.21. The Balaban J connectivity index is 1.70. The molecule has 138 valence electrons. The first-order chi connectivity index (χ1) is 13.2. The van der Waals surface area contributed by atoms with E-state index in [2.05, 4.69) is 10.3 Å². The fourth-order valence-electron chi connectivity index (χ4n) is 3.07. The van der Waals surface area contributed by atoms with Crippen LogP contribution in [0.5, 0.6) is 0 Å². The van der Waals surface area contributed by atoms with Crippen molar-refractivity contribution in [1.82, 2.24) is 10.3 Å². The molecule has 0 saturated carbocycles. The van der Waals surface area contributed by atoms with E-state index in [0.717, 1.165) is 18.2 Å². The van der Waals surface area contributed by atoms with E-state index in [1.807, 2.05) is 54.6 Å². The van der Waals surface area contributed by atoms with E-state index in [1.54, 1.807) is 12.3 Å². The van der Waals surface area contributed by atoms with Crippen molar-refractivity contribution in [3.8, 4) is 0 Å². The number of rotatable bonds is 7. The summed E-state index contributed by atoms with van der Waals surface area (Å²) >= 11 is 0. The lowest BCUT2D eigenvalue weighted by molar-refractivity contribution is -0.143. The topological polar surface area (TPSA) is 68.3 Å². The molecule has 27 heavy (non-hydrogen) atoms. The summed E-state index contributed by atoms with van der Waals surface area (Å²) in [6.07, 6.45) is 3.75. The van der Waals surface area contributed by atoms with Crippen molar-refractivity contribution >= 4 is 22.8 Å². The van der Waals surface area contributed by atoms with Crippen LogP contribution in [0.1, 0.15) is 28.8 Å². The van der Waals surface area contributed by atoms with Gasteiger partial charge < -0.3 is 10.1 Å². The van der Waals surface area contributed by atoms with Crippen molar-refractivity contribution < 1.29 is 14.3 Å². The fourth-order valence-corrected chi connectivity index (χ4v) is 3.07. The monoisotopic (exact) mass is 362 g/mol. The summed E-state index contributed by atoms with van der Waals surface area (Å²) in [7, 11) is 1.33. The van der Waals surface area contributed by atoms with Gasteiger partial charge in [0.25, 0.3) is 5.91 Å². The van der Waals surface area contributed by atoms with Crippen LogP contribution in [0.3, 0.4) is 0 Å². The molecule has 1 N–H and O–H groups in total. The molecule has 0 aliphatic heterocycles. The maximum Gasteiger partial charge on any atom is 0.328 e. The smallest absolute Gasteiger partial charge is 0.328 e. The molecule has 2 aromatic carbocycles. The third-order valence-electron chi connectivity index (χ3n) is 4.47. The molecule has 0 spiro atoms. The molecule has 3 aromatic rings. The lowest BCUT2D eigenvalue weighted by Crippen LogP contribution is -2.41. The van der Waals surface area contributed by atoms with Crippen LogP contribution in [-0.4, -0.2) is 30.0 Å². The van der Waals surface area contributed by atoms with Crippen LogP contribution in [0.4, 0.5) is 0 Å². The number of amides is 1. The first kappa shape index (κ1) is 18.6. The highest BCUT2D eigenvalue weighted by atomic mass is 16.5. The number of aryl methyl sites for hydroxylation is 1. The van der Waals surface area contributed by atoms with Gasteiger partial charge in [0.2, 0.25) is 0 Å². The molecule has 1 atom stereocenters. The Morgan fingerprint density at radius 2 is 1.81 bits per heavy atom. The average molecular weight is 362 g/mol. The lowest BCUT2D eigenvalue weighted by Gasteiger charge is -2.17. The van der Waals surface area contributed by atoms with Gasteiger partial charge in [-0.3, -0.25) is 9.78 Å². The Morgan fingerprint density at radius 1 is 1.04 bits per heavy atom. The Kier molecular flexibility index (Phi) is 6.15. The molecule has 0 radical (unpaired) electrons. The number of aromatic nitrogens is 1. The van der Waals surface area contributed by atoms with Gasteiger partial charge in [-0.05, 0) is 37.0 Å². The fraction of sp³-hybridized carbons (Fsp3) is 0.227. The van der Waals surface area contributed by atoms with Crippen LogP contribution >= 0.6 is 0 Å². The number of carbonyl (C=O) groups excluding carboxylic acids is 2. The summed E-state index contributed by atoms with van der Waals surface area (Å²) in [5.74, 6) is -0.765. The molecule has 0 aliphatic rings. The van der Waals surface area contributed by atoms with Crippen molar-refractivity contribution in [3.63, 3.8) is 0 Å². The van der Waals surface area contributed by atoms with Gasteiger partial charge in [-0.25, -0.2) is 4.79 Å². The maximum absolute atomic E-state index is 12.8. The van der Waals surface area contributed by atoms with Crippen molar-refractivity contribution in [2.75, 3.05) is 7.11 Å². The molecule has 1 amide bonds. The molecule has 3 rings (SSSR count). The number of esters is 1. The van der Waals surface area contributed by atoms with Crippen molar-refractivity contribution in [2.24, 2.45) is 0 Å². The second-order valence-electron chi connectivity index (χ2n) is 6.31. The standard InChI is InChI=1S/C22H22N2O3/c1-27-22(26)19(14-5-10-16-8-3-2-4-9-16)24-21(25)18-13-6-11-17-12-7-15-23-20(17)18/h2-4,6-9,11-13,15,19H,5,10,14H2,1H3,(H,24,25)/t19-/m0/s1. The zero-order valence-corrected chi connectivity index (χ0v) is 15.2. The Morgan fingerprint density at radius 3 is 2.59 bits per heavy atom. The van der Waals surface area contributed by atoms with Gasteiger partial charge in [0.05, 0.1) is 18.2 Å². The van der Waals surface area contributed by atoms with Crippen LogP contribution < -0.4 is 5.32 Å². The molecule has 1 aromatic heterocycles. The van der Waals surface area contributed by atoms with E-state index >= 15 is 0 Å². The maximum atomic E-state index is 12.8. The first-order valence-electron chi connectivity index (χ1n) is 8.95. The highest BCUT2D eigenvalue weighted by Crippen LogP contribution is 2.16. The summed E-state index contributed by atoms with van der Waals surface area (Å²) in [6.45, 7) is 0. The minimum atomic E-state index is -0.690. The predicted octanol–water partition coefficient (Wildman–Crippen LogP) is 3.53. The molecule has 0 bridgehead atoms. The molecule has 0 fully saturated rings. The number of nitrogens with one attached hydrogen (secondary N) is 1. The van der Waals surface area contributed by atoms with E-state index in [4.69, 9.17) is 4.74 Å². The summed E-state index contributed by atoms with van der Waals surface area (Å²) in [5, 5.41) is 3.69. The van der Waals surface area contributed by atoms with Crippen molar-refractivity contribution in [2.45, 2.75) is 25.3 Å². The summed E-state index contributed by atoms with van der Waals surface area (Å²) in [4.78, 5) is 29.2. The Bertz CT molecular complexity index is 920. The number of methoxy groups -OCH3 is 1. The van der Waals surface area contributed by atoms with E-state index in [1.165, 1.54) is 12.7 Å². The normalized spacial score (nSPS) is 11.7. The molecule has 0 aliphatic carbocycles. The van der Waals surface area contributed by atoms with Crippen LogP contribution in [0, 0.1) is 0 Å². The number of hydrogen-bond donors (Lipinski definition) is 1. The number of ether oxygens (including phenoxy) is 1. The van der Waals surface area contributed by atoms with E-state index < -0.39 is 12.0 Å². The minimum Gasteiger partial charge on any atom is -0.467 e. The van der Waals surface area contributed by atoms with Gasteiger partial charge in [0, 0.05) is 11.6 Å². The lowest BCUT2D eigenvalue weighted by atomic mass is 10.0. The molecule has 1 heterocycles. The van der Waals surface area contributed by atoms with Crippen molar-refractivity contribution in [3.05, 3.63) is 78.0 Å². The summed E-state index contributed by atoms with van der Waals surface area (Å²) in [6, 6.07) is 18.5. The first-order valence-corrected chi connectivity index (χ1v) is 8.95. The van der Waals surface area contributed by atoms with Gasteiger partial charge in [-0.2, -0.15) is 0 Å². The number of benzene rings is 2. The number of hydrogen-bond acceptors (Lipinski definition) is 4. The van der Waals surface area contributed by atoms with Gasteiger partial charge in [0.1, 0.15) is 6.04 Å². The number of pyridine rings is 1. The number of fused-ring (bicyclic) bond motifs is 1. The average Bonchev–Trinajstić information content (AvgIpc) is 2.72. The molecule has 5 nitrogen and oxygen atoms in total. The molecule has 5 heteroatoms. The van der Waals surface area contributed by atoms with Crippen molar-refractivity contribution in [1.29, 1.82) is 0 Å². The van der Waals surface area contributed by atoms with Crippen LogP contribution in [-0.2, 0) is 16.0 Å². The minimum absolute atomic E-state index is 0.325. The highest BCUT2D eigenvalue weighted by Gasteiger charge is 2.22. The molecule has 0 saturated heterocycles. The summed E-state index contributed by atoms with van der Waals surface area (Å²) in [5.41, 5.74) is 2.26. The second-order valence-corrected chi connectivity index (χ2v) is 6.31. The highest BCUT2D eigenvalue weighted by molar-refractivity contribution is 6.06. The number of nitrogens with zero attached hydrogens (tertiary/aromatic N) is 1. The largest absolute Gasteiger partial charge is 0.467 e. The van der Waals surface area contributed by atoms with E-state index in [0.29, 0.717) is 17.5 Å². The number of carbonyl (C=O) groups is 2. The third kappa shape index (κ3) is 4.70. The zero-order valence-electron chi connectivity index (χ0n) is 15.2. The van der Waals surface area contributed by atoms with E-state index in [-0.39, 0.29) is 5.91 Å². The van der Waals surface area contributed by atoms with Crippen LogP contribution in [0.2, 0.25) is 0 Å². The molecular formula is C22H22N2O3. The quantitative estimate of drug-likeness (QED) is 0.653. The van der Waals surface area contributed by atoms with Gasteiger partial charge in [0.15, 0.2) is 0 Å². The second kappa shape index (κ2) is 8.94. The summed E-state index contributed by atoms with van der Waals surface area (Å²) < 4.78 is 4.87. The third-order valence-corrected chi connectivity index (χ3v) is 4.47. The Labute approximate surface area is 158 Å².